The van der Waals surface area contributed by atoms with Gasteiger partial charge in [-0.15, -0.1) is 0 Å². The maximum atomic E-state index is 13.4. The Hall–Kier alpha value is -1.71. The highest BCUT2D eigenvalue weighted by Crippen LogP contribution is 2.19. The molecule has 1 aromatic carbocycles. The van der Waals surface area contributed by atoms with Gasteiger partial charge in [-0.05, 0) is 40.2 Å². The van der Waals surface area contributed by atoms with Crippen LogP contribution in [0.4, 0.5) is 10.1 Å². The van der Waals surface area contributed by atoms with Crippen LogP contribution in [0.25, 0.3) is 0 Å². The molecule has 6 nitrogen and oxygen atoms in total. The van der Waals surface area contributed by atoms with E-state index in [1.54, 1.807) is 23.9 Å². The summed E-state index contributed by atoms with van der Waals surface area (Å²) in [7, 11) is -2.39. The molecule has 0 bridgehead atoms. The zero-order chi connectivity index (χ0) is 15.8. The second-order valence-corrected chi connectivity index (χ2v) is 6.81. The number of aromatic nitrogens is 1. The predicted molar refractivity (Wildman–Crippen MR) is 78.8 cm³/mol. The maximum absolute atomic E-state index is 13.4. The van der Waals surface area contributed by atoms with Crippen LogP contribution in [0.2, 0.25) is 0 Å². The number of nitrogens with zero attached hydrogens (tertiary/aromatic N) is 1. The van der Waals surface area contributed by atoms with Gasteiger partial charge in [0.2, 0.25) is 10.0 Å². The number of carbonyl (C=O) groups is 1. The normalized spacial score (nSPS) is 11.4. The number of nitrogens with two attached hydrogens (primary N) is 1. The van der Waals surface area contributed by atoms with E-state index in [0.717, 1.165) is 18.2 Å². The maximum Gasteiger partial charge on any atom is 0.272 e. The number of sulfonamides is 1. The summed E-state index contributed by atoms with van der Waals surface area (Å²) in [5.41, 5.74) is 0.324. The van der Waals surface area contributed by atoms with Gasteiger partial charge in [-0.3, -0.25) is 4.79 Å². The minimum atomic E-state index is -4.06. The Morgan fingerprint density at radius 2 is 2.00 bits per heavy atom. The van der Waals surface area contributed by atoms with Crippen LogP contribution in [0.5, 0.6) is 0 Å². The molecule has 0 saturated heterocycles. The largest absolute Gasteiger partial charge is 0.345 e. The minimum absolute atomic E-state index is 0.00125. The first kappa shape index (κ1) is 15.7. The Morgan fingerprint density at radius 1 is 1.33 bits per heavy atom. The third-order valence-corrected chi connectivity index (χ3v) is 3.99. The molecule has 1 amide bonds. The minimum Gasteiger partial charge on any atom is -0.345 e. The molecule has 2 aromatic rings. The fourth-order valence-electron chi connectivity index (χ4n) is 1.74. The molecule has 0 saturated carbocycles. The van der Waals surface area contributed by atoms with Crippen molar-refractivity contribution in [3.63, 3.8) is 0 Å². The molecule has 0 unspecified atom stereocenters. The highest BCUT2D eigenvalue weighted by Gasteiger charge is 2.15. The van der Waals surface area contributed by atoms with Crippen LogP contribution in [0.15, 0.2) is 39.8 Å². The molecule has 21 heavy (non-hydrogen) atoms. The van der Waals surface area contributed by atoms with Gasteiger partial charge in [0.25, 0.3) is 5.91 Å². The van der Waals surface area contributed by atoms with E-state index >= 15 is 0 Å². The molecular formula is C12H11BrFN3O3S. The Labute approximate surface area is 128 Å². The van der Waals surface area contributed by atoms with Crippen LogP contribution in [0.3, 0.4) is 0 Å². The quantitative estimate of drug-likeness (QED) is 0.856. The SMILES string of the molecule is Cn1cc(Br)cc1C(=O)Nc1cc(F)cc(S(N)(=O)=O)c1. The number of aryl methyl sites for hydroxylation is 1. The van der Waals surface area contributed by atoms with Gasteiger partial charge in [0.1, 0.15) is 11.5 Å². The Kier molecular flexibility index (Phi) is 4.17. The molecule has 3 N–H and O–H groups in total. The molecule has 0 aliphatic carbocycles. The number of anilines is 1. The van der Waals surface area contributed by atoms with E-state index in [1.165, 1.54) is 0 Å². The van der Waals surface area contributed by atoms with Crippen molar-refractivity contribution in [3.05, 3.63) is 46.4 Å². The number of hydrogen-bond donors (Lipinski definition) is 2. The first-order valence-corrected chi connectivity index (χ1v) is 7.97. The number of benzene rings is 1. The van der Waals surface area contributed by atoms with E-state index in [9.17, 15) is 17.6 Å². The predicted octanol–water partition coefficient (Wildman–Crippen LogP) is 1.83. The number of carbonyl (C=O) groups excluding carboxylic acids is 1. The van der Waals surface area contributed by atoms with Crippen LogP contribution >= 0.6 is 15.9 Å². The van der Waals surface area contributed by atoms with Crippen molar-refractivity contribution < 1.29 is 17.6 Å². The van der Waals surface area contributed by atoms with Gasteiger partial charge in [-0.25, -0.2) is 17.9 Å². The lowest BCUT2D eigenvalue weighted by molar-refractivity contribution is 0.101. The summed E-state index contributed by atoms with van der Waals surface area (Å²) in [4.78, 5) is 11.7. The van der Waals surface area contributed by atoms with Gasteiger partial charge in [0, 0.05) is 23.4 Å². The smallest absolute Gasteiger partial charge is 0.272 e. The topological polar surface area (TPSA) is 94.2 Å². The molecule has 0 atom stereocenters. The lowest BCUT2D eigenvalue weighted by Crippen LogP contribution is -2.17. The molecule has 0 aliphatic heterocycles. The van der Waals surface area contributed by atoms with Gasteiger partial charge in [-0.2, -0.15) is 0 Å². The highest BCUT2D eigenvalue weighted by molar-refractivity contribution is 9.10. The highest BCUT2D eigenvalue weighted by atomic mass is 79.9. The Balaban J connectivity index is 2.34. The van der Waals surface area contributed by atoms with E-state index in [0.29, 0.717) is 10.2 Å². The summed E-state index contributed by atoms with van der Waals surface area (Å²) < 4.78 is 38.2. The lowest BCUT2D eigenvalue weighted by atomic mass is 10.3. The van der Waals surface area contributed by atoms with E-state index in [1.807, 2.05) is 0 Å². The number of nitrogens with one attached hydrogen (secondary N) is 1. The van der Waals surface area contributed by atoms with Gasteiger partial charge in [0.15, 0.2) is 0 Å². The van der Waals surface area contributed by atoms with Crippen molar-refractivity contribution in [3.8, 4) is 0 Å². The van der Waals surface area contributed by atoms with Gasteiger partial charge < -0.3 is 9.88 Å². The Morgan fingerprint density at radius 3 is 2.52 bits per heavy atom. The van der Waals surface area contributed by atoms with Crippen molar-refractivity contribution in [2.75, 3.05) is 5.32 Å². The standard InChI is InChI=1S/C12H11BrFN3O3S/c1-17-6-7(13)2-11(17)12(18)16-9-3-8(14)4-10(5-9)21(15,19)20/h2-6H,1H3,(H,16,18)(H2,15,19,20). The van der Waals surface area contributed by atoms with Gasteiger partial charge in [0.05, 0.1) is 4.90 Å². The van der Waals surface area contributed by atoms with E-state index < -0.39 is 26.6 Å². The van der Waals surface area contributed by atoms with Crippen molar-refractivity contribution in [1.29, 1.82) is 0 Å². The Bertz CT molecular complexity index is 817. The van der Waals surface area contributed by atoms with Crippen molar-refractivity contribution in [2.24, 2.45) is 12.2 Å². The zero-order valence-corrected chi connectivity index (χ0v) is 13.2. The molecule has 112 valence electrons. The molecule has 0 aliphatic rings. The molecule has 1 heterocycles. The van der Waals surface area contributed by atoms with Crippen LogP contribution in [0, 0.1) is 5.82 Å². The van der Waals surface area contributed by atoms with Crippen molar-refractivity contribution in [1.82, 2.24) is 4.57 Å². The summed E-state index contributed by atoms with van der Waals surface area (Å²) >= 11 is 3.23. The monoisotopic (exact) mass is 375 g/mol. The third-order valence-electron chi connectivity index (χ3n) is 2.66. The first-order valence-electron chi connectivity index (χ1n) is 5.63. The molecule has 0 spiro atoms. The molecular weight excluding hydrogens is 365 g/mol. The van der Waals surface area contributed by atoms with Gasteiger partial charge in [-0.1, -0.05) is 0 Å². The molecule has 1 aromatic heterocycles. The number of halogens is 2. The summed E-state index contributed by atoms with van der Waals surface area (Å²) in [5, 5.41) is 7.37. The fraction of sp³-hybridized carbons (Fsp3) is 0.0833. The van der Waals surface area contributed by atoms with Crippen molar-refractivity contribution in [2.45, 2.75) is 4.90 Å². The number of rotatable bonds is 3. The number of amides is 1. The van der Waals surface area contributed by atoms with Gasteiger partial charge >= 0.3 is 0 Å². The van der Waals surface area contributed by atoms with Crippen LogP contribution < -0.4 is 10.5 Å². The number of hydrogen-bond acceptors (Lipinski definition) is 3. The van der Waals surface area contributed by atoms with Crippen LogP contribution in [-0.4, -0.2) is 18.9 Å². The summed E-state index contributed by atoms with van der Waals surface area (Å²) in [6, 6.07) is 4.46. The molecule has 9 heteroatoms. The van der Waals surface area contributed by atoms with Crippen LogP contribution in [-0.2, 0) is 17.1 Å². The average molecular weight is 376 g/mol. The second kappa shape index (κ2) is 5.58. The van der Waals surface area contributed by atoms with Crippen LogP contribution in [0.1, 0.15) is 10.5 Å². The fourth-order valence-corrected chi connectivity index (χ4v) is 2.84. The summed E-state index contributed by atoms with van der Waals surface area (Å²) in [5.74, 6) is -1.32. The van der Waals surface area contributed by atoms with E-state index in [-0.39, 0.29) is 5.69 Å². The molecule has 0 fully saturated rings. The summed E-state index contributed by atoms with van der Waals surface area (Å²) in [6.45, 7) is 0. The summed E-state index contributed by atoms with van der Waals surface area (Å²) in [6.07, 6.45) is 1.68. The second-order valence-electron chi connectivity index (χ2n) is 4.33. The lowest BCUT2D eigenvalue weighted by Gasteiger charge is -2.08. The zero-order valence-electron chi connectivity index (χ0n) is 10.8. The van der Waals surface area contributed by atoms with Crippen molar-refractivity contribution >= 4 is 37.5 Å². The molecule has 0 radical (unpaired) electrons. The first-order chi connectivity index (χ1) is 9.66. The van der Waals surface area contributed by atoms with E-state index in [2.05, 4.69) is 21.2 Å². The third kappa shape index (κ3) is 3.69. The molecule has 2 rings (SSSR count). The number of primary sulfonamides is 1. The average Bonchev–Trinajstić information content (AvgIpc) is 2.66. The van der Waals surface area contributed by atoms with E-state index in [4.69, 9.17) is 5.14 Å².